The second-order valence-corrected chi connectivity index (χ2v) is 5.29. The minimum absolute atomic E-state index is 0.231. The molecule has 4 nitrogen and oxygen atoms in total. The number of esters is 1. The standard InChI is InChI=1S/C16H24FNO3/c1-12-11-13(7-8-14(12)17)21-10-6-5-9-16(2,18-3)15(19)20-4/h7-8,11,18H,5-6,9-10H2,1-4H3. The number of likely N-dealkylation sites (N-methyl/N-ethyl adjacent to an activating group) is 1. The van der Waals surface area contributed by atoms with Gasteiger partial charge in [0.05, 0.1) is 13.7 Å². The number of hydrogen-bond acceptors (Lipinski definition) is 4. The highest BCUT2D eigenvalue weighted by Crippen LogP contribution is 2.18. The van der Waals surface area contributed by atoms with E-state index in [0.29, 0.717) is 24.3 Å². The number of carbonyl (C=O) groups is 1. The van der Waals surface area contributed by atoms with Gasteiger partial charge in [-0.05, 0) is 63.9 Å². The summed E-state index contributed by atoms with van der Waals surface area (Å²) in [7, 11) is 3.13. The molecule has 0 aliphatic rings. The lowest BCUT2D eigenvalue weighted by molar-refractivity contribution is -0.148. The predicted octanol–water partition coefficient (Wildman–Crippen LogP) is 2.83. The molecule has 0 bridgehead atoms. The van der Waals surface area contributed by atoms with Crippen LogP contribution in [0.25, 0.3) is 0 Å². The zero-order chi connectivity index (χ0) is 15.9. The Bertz CT molecular complexity index is 479. The van der Waals surface area contributed by atoms with E-state index in [0.717, 1.165) is 12.8 Å². The average molecular weight is 297 g/mol. The van der Waals surface area contributed by atoms with Crippen LogP contribution in [-0.4, -0.2) is 32.3 Å². The fourth-order valence-electron chi connectivity index (χ4n) is 2.03. The minimum Gasteiger partial charge on any atom is -0.494 e. The second kappa shape index (κ2) is 7.98. The highest BCUT2D eigenvalue weighted by Gasteiger charge is 2.31. The Morgan fingerprint density at radius 3 is 2.67 bits per heavy atom. The first-order valence-electron chi connectivity index (χ1n) is 7.09. The molecular weight excluding hydrogens is 273 g/mol. The third kappa shape index (κ3) is 5.01. The average Bonchev–Trinajstić information content (AvgIpc) is 2.49. The van der Waals surface area contributed by atoms with Crippen LogP contribution in [-0.2, 0) is 9.53 Å². The Balaban J connectivity index is 2.34. The lowest BCUT2D eigenvalue weighted by Crippen LogP contribution is -2.48. The Labute approximate surface area is 125 Å². The van der Waals surface area contributed by atoms with Gasteiger partial charge in [-0.25, -0.2) is 4.39 Å². The zero-order valence-electron chi connectivity index (χ0n) is 13.2. The molecule has 0 saturated carbocycles. The minimum atomic E-state index is -0.665. The molecule has 0 amide bonds. The van der Waals surface area contributed by atoms with Crippen LogP contribution in [0.1, 0.15) is 31.7 Å². The van der Waals surface area contributed by atoms with Gasteiger partial charge in [0.15, 0.2) is 0 Å². The first-order valence-corrected chi connectivity index (χ1v) is 7.09. The molecule has 1 unspecified atom stereocenters. The number of carbonyl (C=O) groups excluding carboxylic acids is 1. The highest BCUT2D eigenvalue weighted by atomic mass is 19.1. The molecule has 0 heterocycles. The summed E-state index contributed by atoms with van der Waals surface area (Å²) in [5, 5.41) is 2.99. The predicted molar refractivity (Wildman–Crippen MR) is 80.0 cm³/mol. The number of benzene rings is 1. The normalized spacial score (nSPS) is 13.6. The molecule has 1 aromatic rings. The number of methoxy groups -OCH3 is 1. The van der Waals surface area contributed by atoms with Crippen molar-refractivity contribution >= 4 is 5.97 Å². The Morgan fingerprint density at radius 1 is 1.38 bits per heavy atom. The van der Waals surface area contributed by atoms with Gasteiger partial charge in [0.25, 0.3) is 0 Å². The van der Waals surface area contributed by atoms with E-state index in [9.17, 15) is 9.18 Å². The van der Waals surface area contributed by atoms with Crippen LogP contribution in [0.15, 0.2) is 18.2 Å². The molecule has 5 heteroatoms. The molecule has 1 N–H and O–H groups in total. The van der Waals surface area contributed by atoms with E-state index in [4.69, 9.17) is 9.47 Å². The number of rotatable bonds is 8. The van der Waals surface area contributed by atoms with Gasteiger partial charge in [0, 0.05) is 0 Å². The lowest BCUT2D eigenvalue weighted by Gasteiger charge is -2.25. The van der Waals surface area contributed by atoms with E-state index in [1.807, 2.05) is 6.92 Å². The van der Waals surface area contributed by atoms with E-state index in [1.165, 1.54) is 13.2 Å². The van der Waals surface area contributed by atoms with Crippen molar-refractivity contribution in [2.75, 3.05) is 20.8 Å². The number of ether oxygens (including phenoxy) is 2. The summed E-state index contributed by atoms with van der Waals surface area (Å²) in [6.45, 7) is 4.06. The van der Waals surface area contributed by atoms with E-state index in [1.54, 1.807) is 26.1 Å². The van der Waals surface area contributed by atoms with Crippen molar-refractivity contribution in [2.45, 2.75) is 38.6 Å². The van der Waals surface area contributed by atoms with Gasteiger partial charge in [0.1, 0.15) is 17.1 Å². The Hall–Kier alpha value is -1.62. The number of halogens is 1. The van der Waals surface area contributed by atoms with Gasteiger partial charge in [-0.1, -0.05) is 0 Å². The van der Waals surface area contributed by atoms with Crippen molar-refractivity contribution in [1.29, 1.82) is 0 Å². The molecule has 0 spiro atoms. The summed E-state index contributed by atoms with van der Waals surface area (Å²) in [4.78, 5) is 11.7. The quantitative estimate of drug-likeness (QED) is 0.592. The molecule has 118 valence electrons. The number of unbranched alkanes of at least 4 members (excludes halogenated alkanes) is 1. The van der Waals surface area contributed by atoms with Gasteiger partial charge in [-0.2, -0.15) is 0 Å². The van der Waals surface area contributed by atoms with Crippen molar-refractivity contribution in [2.24, 2.45) is 0 Å². The third-order valence-electron chi connectivity index (χ3n) is 3.66. The molecule has 0 fully saturated rings. The maximum absolute atomic E-state index is 13.1. The summed E-state index contributed by atoms with van der Waals surface area (Å²) >= 11 is 0. The van der Waals surface area contributed by atoms with Gasteiger partial charge < -0.3 is 14.8 Å². The lowest BCUT2D eigenvalue weighted by atomic mass is 9.95. The van der Waals surface area contributed by atoms with Crippen molar-refractivity contribution in [3.8, 4) is 5.75 Å². The summed E-state index contributed by atoms with van der Waals surface area (Å²) < 4.78 is 23.5. The van der Waals surface area contributed by atoms with Crippen LogP contribution in [0.5, 0.6) is 5.75 Å². The first-order chi connectivity index (χ1) is 9.92. The van der Waals surface area contributed by atoms with Crippen molar-refractivity contribution < 1.29 is 18.7 Å². The second-order valence-electron chi connectivity index (χ2n) is 5.29. The first kappa shape index (κ1) is 17.4. The van der Waals surface area contributed by atoms with Crippen LogP contribution in [0, 0.1) is 12.7 Å². The molecule has 1 atom stereocenters. The van der Waals surface area contributed by atoms with Crippen LogP contribution in [0.2, 0.25) is 0 Å². The number of aryl methyl sites for hydroxylation is 1. The van der Waals surface area contributed by atoms with Gasteiger partial charge in [0.2, 0.25) is 0 Å². The maximum atomic E-state index is 13.1. The van der Waals surface area contributed by atoms with Crippen molar-refractivity contribution in [3.63, 3.8) is 0 Å². The van der Waals surface area contributed by atoms with Gasteiger partial charge in [-0.3, -0.25) is 4.79 Å². The molecule has 21 heavy (non-hydrogen) atoms. The van der Waals surface area contributed by atoms with Crippen LogP contribution in [0.4, 0.5) is 4.39 Å². The Kier molecular flexibility index (Phi) is 6.62. The highest BCUT2D eigenvalue weighted by molar-refractivity contribution is 5.80. The number of hydrogen-bond donors (Lipinski definition) is 1. The zero-order valence-corrected chi connectivity index (χ0v) is 13.2. The van der Waals surface area contributed by atoms with E-state index in [-0.39, 0.29) is 11.8 Å². The fourth-order valence-corrected chi connectivity index (χ4v) is 2.03. The monoisotopic (exact) mass is 297 g/mol. The summed E-state index contributed by atoms with van der Waals surface area (Å²) in [6, 6.07) is 4.70. The number of nitrogens with one attached hydrogen (secondary N) is 1. The molecule has 1 aromatic carbocycles. The molecular formula is C16H24FNO3. The van der Waals surface area contributed by atoms with Crippen LogP contribution >= 0.6 is 0 Å². The summed E-state index contributed by atoms with van der Waals surface area (Å²) in [6.07, 6.45) is 2.30. The fraction of sp³-hybridized carbons (Fsp3) is 0.562. The van der Waals surface area contributed by atoms with Crippen LogP contribution < -0.4 is 10.1 Å². The van der Waals surface area contributed by atoms with E-state index in [2.05, 4.69) is 5.32 Å². The molecule has 0 saturated heterocycles. The molecule has 0 aliphatic carbocycles. The third-order valence-corrected chi connectivity index (χ3v) is 3.66. The molecule has 0 aromatic heterocycles. The molecule has 0 radical (unpaired) electrons. The topological polar surface area (TPSA) is 47.6 Å². The van der Waals surface area contributed by atoms with Gasteiger partial charge in [-0.15, -0.1) is 0 Å². The summed E-state index contributed by atoms with van der Waals surface area (Å²) in [5.74, 6) is 0.170. The van der Waals surface area contributed by atoms with Crippen molar-refractivity contribution in [3.05, 3.63) is 29.6 Å². The van der Waals surface area contributed by atoms with Crippen LogP contribution in [0.3, 0.4) is 0 Å². The Morgan fingerprint density at radius 2 is 2.10 bits per heavy atom. The van der Waals surface area contributed by atoms with Crippen molar-refractivity contribution in [1.82, 2.24) is 5.32 Å². The maximum Gasteiger partial charge on any atom is 0.325 e. The smallest absolute Gasteiger partial charge is 0.325 e. The largest absolute Gasteiger partial charge is 0.494 e. The SMILES string of the molecule is CNC(C)(CCCCOc1ccc(F)c(C)c1)C(=O)OC. The molecule has 0 aliphatic heterocycles. The van der Waals surface area contributed by atoms with E-state index >= 15 is 0 Å². The molecule has 1 rings (SSSR count). The van der Waals surface area contributed by atoms with E-state index < -0.39 is 5.54 Å². The van der Waals surface area contributed by atoms with Gasteiger partial charge >= 0.3 is 5.97 Å². The summed E-state index contributed by atoms with van der Waals surface area (Å²) in [5.41, 5.74) is -0.0951.